The number of rotatable bonds is 7. The fourth-order valence-electron chi connectivity index (χ4n) is 1.70. The molecule has 0 spiro atoms. The molecule has 0 atom stereocenters. The number of aromatic nitrogens is 2. The summed E-state index contributed by atoms with van der Waals surface area (Å²) < 4.78 is 34.2. The first-order valence-corrected chi connectivity index (χ1v) is 7.96. The maximum atomic E-state index is 12.2. The highest BCUT2D eigenvalue weighted by atomic mass is 32.2. The highest BCUT2D eigenvalue weighted by molar-refractivity contribution is 7.90. The molecule has 22 heavy (non-hydrogen) atoms. The van der Waals surface area contributed by atoms with Crippen molar-refractivity contribution < 1.29 is 27.6 Å². The van der Waals surface area contributed by atoms with Gasteiger partial charge in [0, 0.05) is 6.42 Å². The zero-order valence-corrected chi connectivity index (χ0v) is 12.5. The molecule has 8 nitrogen and oxygen atoms in total. The van der Waals surface area contributed by atoms with Crippen molar-refractivity contribution in [3.63, 3.8) is 0 Å². The largest absolute Gasteiger partial charge is 0.497 e. The van der Waals surface area contributed by atoms with Crippen molar-refractivity contribution in [2.24, 2.45) is 0 Å². The van der Waals surface area contributed by atoms with Crippen LogP contribution in [0.25, 0.3) is 0 Å². The number of carboxylic acids is 1. The molecule has 1 aromatic carbocycles. The number of carbonyl (C=O) groups is 1. The van der Waals surface area contributed by atoms with Crippen LogP contribution < -0.4 is 4.74 Å². The number of hydrogen-bond acceptors (Lipinski definition) is 7. The lowest BCUT2D eigenvalue weighted by molar-refractivity contribution is -0.137. The summed E-state index contributed by atoms with van der Waals surface area (Å²) in [6.07, 6.45) is -0.0994. The van der Waals surface area contributed by atoms with Crippen LogP contribution in [0.5, 0.6) is 5.75 Å². The zero-order valence-electron chi connectivity index (χ0n) is 11.7. The summed E-state index contributed by atoms with van der Waals surface area (Å²) in [5.41, 5.74) is 0. The molecule has 1 N–H and O–H groups in total. The van der Waals surface area contributed by atoms with E-state index in [4.69, 9.17) is 14.4 Å². The van der Waals surface area contributed by atoms with Gasteiger partial charge in [-0.3, -0.25) is 4.79 Å². The molecule has 0 amide bonds. The SMILES string of the molecule is COc1ccc(S(=O)(=O)Cc2noc(CCC(=O)O)n2)cc1. The molecule has 118 valence electrons. The first-order valence-electron chi connectivity index (χ1n) is 6.31. The van der Waals surface area contributed by atoms with E-state index in [1.54, 1.807) is 12.1 Å². The third kappa shape index (κ3) is 4.04. The summed E-state index contributed by atoms with van der Waals surface area (Å²) >= 11 is 0. The standard InChI is InChI=1S/C13H14N2O6S/c1-20-9-2-4-10(5-3-9)22(18,19)8-11-14-12(21-15-11)6-7-13(16)17/h2-5H,6-8H2,1H3,(H,16,17). The Morgan fingerprint density at radius 2 is 2.00 bits per heavy atom. The van der Waals surface area contributed by atoms with E-state index in [0.717, 1.165) is 0 Å². The highest BCUT2D eigenvalue weighted by Crippen LogP contribution is 2.19. The van der Waals surface area contributed by atoms with E-state index < -0.39 is 21.6 Å². The predicted molar refractivity (Wildman–Crippen MR) is 74.1 cm³/mol. The first-order chi connectivity index (χ1) is 10.4. The quantitative estimate of drug-likeness (QED) is 0.802. The number of ether oxygens (including phenoxy) is 1. The Labute approximate surface area is 126 Å². The van der Waals surface area contributed by atoms with Crippen molar-refractivity contribution in [2.75, 3.05) is 7.11 Å². The summed E-state index contributed by atoms with van der Waals surface area (Å²) in [4.78, 5) is 14.4. The lowest BCUT2D eigenvalue weighted by atomic mass is 10.3. The monoisotopic (exact) mass is 326 g/mol. The van der Waals surface area contributed by atoms with Gasteiger partial charge in [0.05, 0.1) is 18.4 Å². The molecule has 0 bridgehead atoms. The van der Waals surface area contributed by atoms with Gasteiger partial charge < -0.3 is 14.4 Å². The molecule has 0 aliphatic rings. The second kappa shape index (κ2) is 6.56. The second-order valence-electron chi connectivity index (χ2n) is 4.43. The third-order valence-corrected chi connectivity index (χ3v) is 4.43. The molecule has 1 aromatic heterocycles. The van der Waals surface area contributed by atoms with Crippen molar-refractivity contribution in [3.05, 3.63) is 36.0 Å². The molecule has 0 unspecified atom stereocenters. The van der Waals surface area contributed by atoms with Gasteiger partial charge in [0.25, 0.3) is 0 Å². The number of hydrogen-bond donors (Lipinski definition) is 1. The minimum absolute atomic E-state index is 0.00351. The molecule has 2 rings (SSSR count). The second-order valence-corrected chi connectivity index (χ2v) is 6.42. The molecule has 1 heterocycles. The lowest BCUT2D eigenvalue weighted by Gasteiger charge is -2.03. The van der Waals surface area contributed by atoms with Crippen LogP contribution in [0, 0.1) is 0 Å². The third-order valence-electron chi connectivity index (χ3n) is 2.80. The Kier molecular flexibility index (Phi) is 4.76. The number of aryl methyl sites for hydroxylation is 1. The fourth-order valence-corrected chi connectivity index (χ4v) is 2.88. The van der Waals surface area contributed by atoms with Crippen LogP contribution in [0.1, 0.15) is 18.1 Å². The number of sulfone groups is 1. The van der Waals surface area contributed by atoms with Crippen LogP contribution in [0.4, 0.5) is 0 Å². The molecule has 0 saturated carbocycles. The summed E-state index contributed by atoms with van der Waals surface area (Å²) in [6, 6.07) is 5.95. The van der Waals surface area contributed by atoms with Gasteiger partial charge in [-0.2, -0.15) is 4.98 Å². The van der Waals surface area contributed by atoms with Gasteiger partial charge in [0.2, 0.25) is 5.89 Å². The van der Waals surface area contributed by atoms with Crippen LogP contribution in [0.2, 0.25) is 0 Å². The highest BCUT2D eigenvalue weighted by Gasteiger charge is 2.19. The number of carboxylic acid groups (broad SMARTS) is 1. The van der Waals surface area contributed by atoms with E-state index in [1.165, 1.54) is 19.2 Å². The Morgan fingerprint density at radius 1 is 1.32 bits per heavy atom. The van der Waals surface area contributed by atoms with Crippen LogP contribution in [0.3, 0.4) is 0 Å². The first kappa shape index (κ1) is 16.0. The topological polar surface area (TPSA) is 120 Å². The fraction of sp³-hybridized carbons (Fsp3) is 0.308. The molecular weight excluding hydrogens is 312 g/mol. The minimum Gasteiger partial charge on any atom is -0.497 e. The molecule has 0 radical (unpaired) electrons. The van der Waals surface area contributed by atoms with Gasteiger partial charge in [-0.25, -0.2) is 8.42 Å². The lowest BCUT2D eigenvalue weighted by Crippen LogP contribution is -2.06. The Hall–Kier alpha value is -2.42. The van der Waals surface area contributed by atoms with Gasteiger partial charge >= 0.3 is 5.97 Å². The normalized spacial score (nSPS) is 11.3. The number of aliphatic carboxylic acids is 1. The molecule has 0 aliphatic carbocycles. The van der Waals surface area contributed by atoms with Gasteiger partial charge in [-0.1, -0.05) is 5.16 Å². The van der Waals surface area contributed by atoms with Crippen LogP contribution in [0.15, 0.2) is 33.7 Å². The number of methoxy groups -OCH3 is 1. The predicted octanol–water partition coefficient (Wildman–Crippen LogP) is 1.07. The van der Waals surface area contributed by atoms with Crippen molar-refractivity contribution in [1.82, 2.24) is 10.1 Å². The van der Waals surface area contributed by atoms with Crippen LogP contribution in [-0.4, -0.2) is 36.7 Å². The molecule has 0 saturated heterocycles. The van der Waals surface area contributed by atoms with Crippen molar-refractivity contribution in [1.29, 1.82) is 0 Å². The number of benzene rings is 1. The van der Waals surface area contributed by atoms with Gasteiger partial charge in [0.15, 0.2) is 15.7 Å². The Morgan fingerprint density at radius 3 is 2.59 bits per heavy atom. The smallest absolute Gasteiger partial charge is 0.303 e. The van der Waals surface area contributed by atoms with E-state index in [-0.39, 0.29) is 29.5 Å². The van der Waals surface area contributed by atoms with Crippen molar-refractivity contribution >= 4 is 15.8 Å². The van der Waals surface area contributed by atoms with Crippen LogP contribution >= 0.6 is 0 Å². The average molecular weight is 326 g/mol. The van der Waals surface area contributed by atoms with E-state index >= 15 is 0 Å². The van der Waals surface area contributed by atoms with Gasteiger partial charge in [-0.15, -0.1) is 0 Å². The van der Waals surface area contributed by atoms with Gasteiger partial charge in [0.1, 0.15) is 11.5 Å². The molecule has 2 aromatic rings. The molecule has 0 aliphatic heterocycles. The van der Waals surface area contributed by atoms with E-state index in [9.17, 15) is 13.2 Å². The zero-order chi connectivity index (χ0) is 16.2. The molecule has 0 fully saturated rings. The molecular formula is C13H14N2O6S. The van der Waals surface area contributed by atoms with E-state index in [2.05, 4.69) is 10.1 Å². The maximum absolute atomic E-state index is 12.2. The van der Waals surface area contributed by atoms with E-state index in [1.807, 2.05) is 0 Å². The van der Waals surface area contributed by atoms with Crippen LogP contribution in [-0.2, 0) is 26.8 Å². The van der Waals surface area contributed by atoms with Gasteiger partial charge in [-0.05, 0) is 24.3 Å². The Balaban J connectivity index is 2.09. The van der Waals surface area contributed by atoms with Crippen molar-refractivity contribution in [3.8, 4) is 5.75 Å². The average Bonchev–Trinajstić information content (AvgIpc) is 2.92. The summed E-state index contributed by atoms with van der Waals surface area (Å²) in [7, 11) is -2.13. The summed E-state index contributed by atoms with van der Waals surface area (Å²) in [5, 5.41) is 12.1. The number of nitrogens with zero attached hydrogens (tertiary/aromatic N) is 2. The minimum atomic E-state index is -3.61. The maximum Gasteiger partial charge on any atom is 0.303 e. The summed E-state index contributed by atoms with van der Waals surface area (Å²) in [6.45, 7) is 0. The summed E-state index contributed by atoms with van der Waals surface area (Å²) in [5.74, 6) is -0.769. The van der Waals surface area contributed by atoms with E-state index in [0.29, 0.717) is 5.75 Å². The molecule has 9 heteroatoms. The Bertz CT molecular complexity index is 751. The van der Waals surface area contributed by atoms with Crippen molar-refractivity contribution in [2.45, 2.75) is 23.5 Å².